The molecule has 1 aromatic heterocycles. The van der Waals surface area contributed by atoms with Gasteiger partial charge < -0.3 is 19.4 Å². The Labute approximate surface area is 182 Å². The molecule has 31 heavy (non-hydrogen) atoms. The van der Waals surface area contributed by atoms with Crippen LogP contribution in [0.25, 0.3) is 6.08 Å². The van der Waals surface area contributed by atoms with Crippen LogP contribution in [0.1, 0.15) is 49.2 Å². The van der Waals surface area contributed by atoms with Crippen molar-refractivity contribution in [2.24, 2.45) is 0 Å². The summed E-state index contributed by atoms with van der Waals surface area (Å²) in [6.45, 7) is 8.16. The molecular formula is C23H27BN2O5. The first-order valence-corrected chi connectivity index (χ1v) is 10.1. The fraction of sp³-hybridized carbons (Fsp3) is 0.348. The first kappa shape index (κ1) is 22.7. The molecule has 1 fully saturated rings. The van der Waals surface area contributed by atoms with E-state index in [9.17, 15) is 9.59 Å². The van der Waals surface area contributed by atoms with Crippen LogP contribution in [0.5, 0.6) is 0 Å². The first-order valence-electron chi connectivity index (χ1n) is 10.1. The van der Waals surface area contributed by atoms with Gasteiger partial charge in [0.05, 0.1) is 11.2 Å². The summed E-state index contributed by atoms with van der Waals surface area (Å²) in [6, 6.07) is 11.2. The molecule has 0 aliphatic carbocycles. The maximum atomic E-state index is 12.2. The van der Waals surface area contributed by atoms with Gasteiger partial charge in [0, 0.05) is 24.5 Å². The number of amides is 1. The lowest BCUT2D eigenvalue weighted by Crippen LogP contribution is -2.41. The molecule has 0 unspecified atom stereocenters. The number of nitrogens with one attached hydrogen (secondary N) is 1. The van der Waals surface area contributed by atoms with Gasteiger partial charge in [-0.05, 0) is 50.4 Å². The van der Waals surface area contributed by atoms with Crippen molar-refractivity contribution in [1.82, 2.24) is 10.3 Å². The van der Waals surface area contributed by atoms with Crippen molar-refractivity contribution in [3.63, 3.8) is 0 Å². The number of rotatable bonds is 7. The minimum absolute atomic E-state index is 0.149. The van der Waals surface area contributed by atoms with Gasteiger partial charge in [-0.1, -0.05) is 36.4 Å². The number of aldehydes is 1. The number of hydrogen-bond donors (Lipinski definition) is 1. The average molecular weight is 422 g/mol. The monoisotopic (exact) mass is 422 g/mol. The Kier molecular flexibility index (Phi) is 6.92. The van der Waals surface area contributed by atoms with Crippen LogP contribution in [0.4, 0.5) is 4.79 Å². The highest BCUT2D eigenvalue weighted by Crippen LogP contribution is 2.38. The standard InChI is InChI=1S/C23H27BN2O5/c1-22(2)23(3,4)31-24(30-22)20(11-18-10-19(15-27)13-25-12-18)14-26-21(28)29-16-17-8-6-5-7-9-17/h5-13,15H,14,16H2,1-4H3,(H,26,28). The van der Waals surface area contributed by atoms with Gasteiger partial charge in [0.2, 0.25) is 0 Å². The normalized spacial score (nSPS) is 17.3. The van der Waals surface area contributed by atoms with E-state index in [0.717, 1.165) is 11.8 Å². The van der Waals surface area contributed by atoms with Crippen molar-refractivity contribution < 1.29 is 23.6 Å². The Balaban J connectivity index is 1.73. The maximum Gasteiger partial charge on any atom is 0.492 e. The van der Waals surface area contributed by atoms with Gasteiger partial charge in [-0.25, -0.2) is 4.79 Å². The fourth-order valence-corrected chi connectivity index (χ4v) is 2.98. The van der Waals surface area contributed by atoms with Gasteiger partial charge in [-0.2, -0.15) is 0 Å². The predicted molar refractivity (Wildman–Crippen MR) is 118 cm³/mol. The summed E-state index contributed by atoms with van der Waals surface area (Å²) in [7, 11) is -0.667. The summed E-state index contributed by atoms with van der Waals surface area (Å²) in [5, 5.41) is 2.75. The van der Waals surface area contributed by atoms with Crippen LogP contribution >= 0.6 is 0 Å². The molecular weight excluding hydrogens is 395 g/mol. The van der Waals surface area contributed by atoms with Gasteiger partial charge in [0.15, 0.2) is 6.29 Å². The van der Waals surface area contributed by atoms with Gasteiger partial charge in [0.25, 0.3) is 0 Å². The summed E-state index contributed by atoms with van der Waals surface area (Å²) >= 11 is 0. The second-order valence-electron chi connectivity index (χ2n) is 8.39. The molecule has 1 N–H and O–H groups in total. The van der Waals surface area contributed by atoms with Crippen molar-refractivity contribution >= 4 is 25.6 Å². The third kappa shape index (κ3) is 5.80. The number of carbonyl (C=O) groups is 2. The van der Waals surface area contributed by atoms with Gasteiger partial charge in [-0.15, -0.1) is 0 Å². The summed E-state index contributed by atoms with van der Waals surface area (Å²) in [6.07, 6.45) is 5.10. The molecule has 1 amide bonds. The van der Waals surface area contributed by atoms with Crippen molar-refractivity contribution in [3.8, 4) is 0 Å². The molecule has 0 saturated carbocycles. The van der Waals surface area contributed by atoms with E-state index in [1.807, 2.05) is 58.0 Å². The smallest absolute Gasteiger partial charge is 0.445 e. The van der Waals surface area contributed by atoms with E-state index in [0.29, 0.717) is 16.6 Å². The second kappa shape index (κ2) is 9.45. The van der Waals surface area contributed by atoms with Crippen molar-refractivity contribution in [2.45, 2.75) is 45.5 Å². The zero-order chi connectivity index (χ0) is 22.5. The largest absolute Gasteiger partial charge is 0.492 e. The Morgan fingerprint density at radius 2 is 1.74 bits per heavy atom. The van der Waals surface area contributed by atoms with Crippen LogP contribution in [0.15, 0.2) is 54.3 Å². The van der Waals surface area contributed by atoms with Crippen LogP contribution in [-0.4, -0.2) is 42.2 Å². The first-order chi connectivity index (χ1) is 14.7. The van der Waals surface area contributed by atoms with Crippen molar-refractivity contribution in [3.05, 3.63) is 71.0 Å². The van der Waals surface area contributed by atoms with Gasteiger partial charge in [-0.3, -0.25) is 9.78 Å². The number of ether oxygens (including phenoxy) is 1. The number of hydrogen-bond acceptors (Lipinski definition) is 6. The topological polar surface area (TPSA) is 86.8 Å². The van der Waals surface area contributed by atoms with E-state index >= 15 is 0 Å². The molecule has 0 bridgehead atoms. The van der Waals surface area contributed by atoms with Gasteiger partial charge >= 0.3 is 13.2 Å². The third-order valence-corrected chi connectivity index (χ3v) is 5.47. The Morgan fingerprint density at radius 3 is 2.39 bits per heavy atom. The van der Waals surface area contributed by atoms with Crippen molar-refractivity contribution in [1.29, 1.82) is 0 Å². The van der Waals surface area contributed by atoms with Crippen LogP contribution in [0.3, 0.4) is 0 Å². The van der Waals surface area contributed by atoms with Crippen molar-refractivity contribution in [2.75, 3.05) is 6.54 Å². The molecule has 1 aliphatic rings. The van der Waals surface area contributed by atoms with E-state index in [-0.39, 0.29) is 13.2 Å². The molecule has 2 aromatic rings. The lowest BCUT2D eigenvalue weighted by molar-refractivity contribution is 0.00578. The highest BCUT2D eigenvalue weighted by atomic mass is 16.7. The summed E-state index contributed by atoms with van der Waals surface area (Å²) in [4.78, 5) is 27.4. The minimum Gasteiger partial charge on any atom is -0.445 e. The maximum absolute atomic E-state index is 12.2. The van der Waals surface area contributed by atoms with Crippen LogP contribution in [0, 0.1) is 0 Å². The Bertz CT molecular complexity index is 943. The molecule has 0 radical (unpaired) electrons. The van der Waals surface area contributed by atoms with E-state index < -0.39 is 24.4 Å². The number of nitrogens with zero attached hydrogens (tertiary/aromatic N) is 1. The highest BCUT2D eigenvalue weighted by molar-refractivity contribution is 6.56. The minimum atomic E-state index is -0.667. The predicted octanol–water partition coefficient (Wildman–Crippen LogP) is 3.84. The Hall–Kier alpha value is -2.97. The number of benzene rings is 1. The number of pyridine rings is 1. The van der Waals surface area contributed by atoms with Crippen LogP contribution < -0.4 is 5.32 Å². The quantitative estimate of drug-likeness (QED) is 0.539. The molecule has 0 spiro atoms. The van der Waals surface area contributed by atoms with E-state index in [1.54, 1.807) is 18.3 Å². The molecule has 162 valence electrons. The third-order valence-electron chi connectivity index (χ3n) is 5.47. The average Bonchev–Trinajstić information content (AvgIpc) is 2.97. The number of alkyl carbamates (subject to hydrolysis) is 1. The summed E-state index contributed by atoms with van der Waals surface area (Å²) in [5.74, 6) is 0. The molecule has 3 rings (SSSR count). The summed E-state index contributed by atoms with van der Waals surface area (Å²) in [5.41, 5.74) is 1.67. The molecule has 1 aliphatic heterocycles. The Morgan fingerprint density at radius 1 is 1.10 bits per heavy atom. The van der Waals surface area contributed by atoms with E-state index in [2.05, 4.69) is 10.3 Å². The van der Waals surface area contributed by atoms with Crippen LogP contribution in [-0.2, 0) is 20.7 Å². The molecule has 8 heteroatoms. The highest BCUT2D eigenvalue weighted by Gasteiger charge is 2.52. The molecule has 7 nitrogen and oxygen atoms in total. The fourth-order valence-electron chi connectivity index (χ4n) is 2.98. The second-order valence-corrected chi connectivity index (χ2v) is 8.39. The molecule has 1 saturated heterocycles. The number of aromatic nitrogens is 1. The van der Waals surface area contributed by atoms with E-state index in [1.165, 1.54) is 6.20 Å². The SMILES string of the molecule is CC1(C)OB(C(=Cc2cncc(C=O)c2)CNC(=O)OCc2ccccc2)OC1(C)C. The zero-order valence-electron chi connectivity index (χ0n) is 18.3. The molecule has 2 heterocycles. The lowest BCUT2D eigenvalue weighted by atomic mass is 9.77. The van der Waals surface area contributed by atoms with E-state index in [4.69, 9.17) is 14.0 Å². The summed E-state index contributed by atoms with van der Waals surface area (Å²) < 4.78 is 17.6. The molecule has 0 atom stereocenters. The molecule has 1 aromatic carbocycles. The van der Waals surface area contributed by atoms with Gasteiger partial charge in [0.1, 0.15) is 6.61 Å². The van der Waals surface area contributed by atoms with Crippen LogP contribution in [0.2, 0.25) is 0 Å². The lowest BCUT2D eigenvalue weighted by Gasteiger charge is -2.32. The zero-order valence-corrected chi connectivity index (χ0v) is 18.3. The number of carbonyl (C=O) groups excluding carboxylic acids is 2.